The smallest absolute Gasteiger partial charge is 0.287 e. The summed E-state index contributed by atoms with van der Waals surface area (Å²) in [6.07, 6.45) is 7.13. The van der Waals surface area contributed by atoms with E-state index in [1.54, 1.807) is 6.20 Å². The lowest BCUT2D eigenvalue weighted by molar-refractivity contribution is 0.542. The highest BCUT2D eigenvalue weighted by molar-refractivity contribution is 6.32. The summed E-state index contributed by atoms with van der Waals surface area (Å²) in [6.45, 7) is 4.62. The standard InChI is InChI=1S/C14H23ClN4O/c1-2-3-9-19-14(20)13(15)12(10-18-19)17-8-6-11-5-4-7-16-11/h10-11,16-17H,2-9H2,1H3. The third-order valence-electron chi connectivity index (χ3n) is 3.68. The Morgan fingerprint density at radius 1 is 1.60 bits per heavy atom. The van der Waals surface area contributed by atoms with Gasteiger partial charge in [-0.15, -0.1) is 0 Å². The Balaban J connectivity index is 1.91. The van der Waals surface area contributed by atoms with Crippen LogP contribution in [0.2, 0.25) is 5.02 Å². The molecule has 20 heavy (non-hydrogen) atoms. The van der Waals surface area contributed by atoms with Crippen molar-refractivity contribution in [1.29, 1.82) is 0 Å². The molecule has 0 aliphatic carbocycles. The molecule has 5 nitrogen and oxygen atoms in total. The normalized spacial score (nSPS) is 18.4. The minimum absolute atomic E-state index is 0.205. The second-order valence-electron chi connectivity index (χ2n) is 5.26. The number of aryl methyl sites for hydroxylation is 1. The zero-order valence-corrected chi connectivity index (χ0v) is 12.7. The highest BCUT2D eigenvalue weighted by Gasteiger charge is 2.14. The van der Waals surface area contributed by atoms with E-state index in [2.05, 4.69) is 22.7 Å². The molecule has 0 saturated carbocycles. The van der Waals surface area contributed by atoms with Crippen molar-refractivity contribution in [3.8, 4) is 0 Å². The first-order chi connectivity index (χ1) is 9.72. The molecule has 1 aliphatic heterocycles. The number of hydrogen-bond acceptors (Lipinski definition) is 4. The van der Waals surface area contributed by atoms with Crippen LogP contribution in [0.1, 0.15) is 39.0 Å². The van der Waals surface area contributed by atoms with Gasteiger partial charge in [-0.2, -0.15) is 5.10 Å². The lowest BCUT2D eigenvalue weighted by Gasteiger charge is -2.13. The van der Waals surface area contributed by atoms with Crippen LogP contribution >= 0.6 is 11.6 Å². The first-order valence-electron chi connectivity index (χ1n) is 7.45. The maximum absolute atomic E-state index is 12.0. The van der Waals surface area contributed by atoms with Crippen LogP contribution in [0, 0.1) is 0 Å². The van der Waals surface area contributed by atoms with Crippen LogP contribution in [0.5, 0.6) is 0 Å². The second-order valence-corrected chi connectivity index (χ2v) is 5.64. The van der Waals surface area contributed by atoms with Gasteiger partial charge in [-0.05, 0) is 32.2 Å². The van der Waals surface area contributed by atoms with Crippen LogP contribution in [0.25, 0.3) is 0 Å². The van der Waals surface area contributed by atoms with E-state index >= 15 is 0 Å². The molecule has 1 saturated heterocycles. The number of nitrogens with zero attached hydrogens (tertiary/aromatic N) is 2. The molecule has 0 amide bonds. The summed E-state index contributed by atoms with van der Waals surface area (Å²) in [5.41, 5.74) is 0.437. The van der Waals surface area contributed by atoms with Crippen molar-refractivity contribution < 1.29 is 0 Å². The summed E-state index contributed by atoms with van der Waals surface area (Å²) in [5, 5.41) is 11.1. The fraction of sp³-hybridized carbons (Fsp3) is 0.714. The number of aromatic nitrogens is 2. The van der Waals surface area contributed by atoms with Gasteiger partial charge in [0.25, 0.3) is 5.56 Å². The van der Waals surface area contributed by atoms with Crippen LogP contribution < -0.4 is 16.2 Å². The highest BCUT2D eigenvalue weighted by atomic mass is 35.5. The van der Waals surface area contributed by atoms with Crippen molar-refractivity contribution in [2.24, 2.45) is 0 Å². The SMILES string of the molecule is CCCCn1ncc(NCCC2CCCN2)c(Cl)c1=O. The molecule has 1 aliphatic rings. The van der Waals surface area contributed by atoms with Crippen LogP contribution in [0.3, 0.4) is 0 Å². The lowest BCUT2D eigenvalue weighted by Crippen LogP contribution is -2.26. The molecular weight excluding hydrogens is 276 g/mol. The van der Waals surface area contributed by atoms with Gasteiger partial charge >= 0.3 is 0 Å². The minimum atomic E-state index is -0.205. The van der Waals surface area contributed by atoms with Crippen molar-refractivity contribution in [3.05, 3.63) is 21.6 Å². The van der Waals surface area contributed by atoms with Gasteiger partial charge in [-0.25, -0.2) is 4.68 Å². The number of nitrogens with one attached hydrogen (secondary N) is 2. The average molecular weight is 299 g/mol. The van der Waals surface area contributed by atoms with E-state index in [0.717, 1.165) is 32.4 Å². The Hall–Kier alpha value is -1.07. The molecule has 1 aromatic heterocycles. The zero-order chi connectivity index (χ0) is 14.4. The van der Waals surface area contributed by atoms with E-state index < -0.39 is 0 Å². The van der Waals surface area contributed by atoms with E-state index in [4.69, 9.17) is 11.6 Å². The summed E-state index contributed by atoms with van der Waals surface area (Å²) in [4.78, 5) is 12.0. The summed E-state index contributed by atoms with van der Waals surface area (Å²) in [7, 11) is 0. The van der Waals surface area contributed by atoms with Gasteiger partial charge in [0.05, 0.1) is 11.9 Å². The Bertz CT molecular complexity index is 483. The fourth-order valence-corrected chi connectivity index (χ4v) is 2.65. The monoisotopic (exact) mass is 298 g/mol. The molecule has 2 rings (SSSR count). The van der Waals surface area contributed by atoms with E-state index in [9.17, 15) is 4.79 Å². The third-order valence-corrected chi connectivity index (χ3v) is 4.04. The molecule has 0 aromatic carbocycles. The molecule has 1 unspecified atom stereocenters. The van der Waals surface area contributed by atoms with E-state index in [1.807, 2.05) is 0 Å². The zero-order valence-electron chi connectivity index (χ0n) is 12.0. The molecule has 1 atom stereocenters. The number of anilines is 1. The summed E-state index contributed by atoms with van der Waals surface area (Å²) < 4.78 is 1.44. The molecule has 0 radical (unpaired) electrons. The molecule has 112 valence electrons. The molecule has 0 bridgehead atoms. The highest BCUT2D eigenvalue weighted by Crippen LogP contribution is 2.16. The molecule has 1 fully saturated rings. The maximum atomic E-state index is 12.0. The van der Waals surface area contributed by atoms with Crippen molar-refractivity contribution in [2.75, 3.05) is 18.4 Å². The molecule has 6 heteroatoms. The van der Waals surface area contributed by atoms with Crippen molar-refractivity contribution in [1.82, 2.24) is 15.1 Å². The van der Waals surface area contributed by atoms with Crippen LogP contribution in [-0.4, -0.2) is 28.9 Å². The van der Waals surface area contributed by atoms with E-state index in [1.165, 1.54) is 17.5 Å². The Morgan fingerprint density at radius 3 is 3.15 bits per heavy atom. The van der Waals surface area contributed by atoms with Gasteiger partial charge in [0.2, 0.25) is 0 Å². The van der Waals surface area contributed by atoms with Crippen LogP contribution in [0.15, 0.2) is 11.0 Å². The molecule has 2 N–H and O–H groups in total. The first-order valence-corrected chi connectivity index (χ1v) is 7.83. The van der Waals surface area contributed by atoms with E-state index in [-0.39, 0.29) is 10.6 Å². The molecule has 1 aromatic rings. The van der Waals surface area contributed by atoms with Gasteiger partial charge in [0, 0.05) is 19.1 Å². The van der Waals surface area contributed by atoms with Gasteiger partial charge in [0.1, 0.15) is 5.02 Å². The number of hydrogen-bond donors (Lipinski definition) is 2. The third kappa shape index (κ3) is 3.96. The summed E-state index contributed by atoms with van der Waals surface area (Å²) >= 11 is 6.12. The van der Waals surface area contributed by atoms with E-state index in [0.29, 0.717) is 18.3 Å². The van der Waals surface area contributed by atoms with Gasteiger partial charge in [-0.1, -0.05) is 24.9 Å². The molecule has 2 heterocycles. The van der Waals surface area contributed by atoms with Crippen LogP contribution in [0.4, 0.5) is 5.69 Å². The largest absolute Gasteiger partial charge is 0.382 e. The lowest BCUT2D eigenvalue weighted by atomic mass is 10.1. The van der Waals surface area contributed by atoms with Crippen molar-refractivity contribution in [2.45, 2.75) is 51.6 Å². The quantitative estimate of drug-likeness (QED) is 0.810. The molecular formula is C14H23ClN4O. The minimum Gasteiger partial charge on any atom is -0.382 e. The van der Waals surface area contributed by atoms with Crippen LogP contribution in [-0.2, 0) is 6.54 Å². The fourth-order valence-electron chi connectivity index (χ4n) is 2.44. The summed E-state index contributed by atoms with van der Waals surface area (Å²) in [6, 6.07) is 0.583. The first kappa shape index (κ1) is 15.3. The maximum Gasteiger partial charge on any atom is 0.287 e. The van der Waals surface area contributed by atoms with Crippen molar-refractivity contribution in [3.63, 3.8) is 0 Å². The summed E-state index contributed by atoms with van der Waals surface area (Å²) in [5.74, 6) is 0. The van der Waals surface area contributed by atoms with Gasteiger partial charge in [0.15, 0.2) is 0 Å². The van der Waals surface area contributed by atoms with Gasteiger partial charge < -0.3 is 10.6 Å². The number of rotatable bonds is 7. The predicted octanol–water partition coefficient (Wildman–Crippen LogP) is 2.25. The van der Waals surface area contributed by atoms with Crippen molar-refractivity contribution >= 4 is 17.3 Å². The Morgan fingerprint density at radius 2 is 2.45 bits per heavy atom. The Kier molecular flexibility index (Phi) is 5.86. The average Bonchev–Trinajstić information content (AvgIpc) is 2.96. The molecule has 0 spiro atoms. The Labute approximate surface area is 124 Å². The predicted molar refractivity (Wildman–Crippen MR) is 82.5 cm³/mol. The topological polar surface area (TPSA) is 59.0 Å². The number of unbranched alkanes of at least 4 members (excludes halogenated alkanes) is 1. The second kappa shape index (κ2) is 7.64. The van der Waals surface area contributed by atoms with Gasteiger partial charge in [-0.3, -0.25) is 4.79 Å². The number of halogens is 1.